The molecule has 76 valence electrons. The van der Waals surface area contributed by atoms with E-state index in [0.717, 1.165) is 0 Å². The molecule has 0 fully saturated rings. The summed E-state index contributed by atoms with van der Waals surface area (Å²) in [6.07, 6.45) is 0. The number of benzene rings is 2. The Morgan fingerprint density at radius 2 is 1.67 bits per heavy atom. The fourth-order valence-electron chi connectivity index (χ4n) is 1.64. The van der Waals surface area contributed by atoms with Crippen LogP contribution in [0.1, 0.15) is 18.3 Å². The molecular formula is C12H11BCl2. The minimum Gasteiger partial charge on any atom is -0.171 e. The quantitative estimate of drug-likeness (QED) is 0.676. The molecule has 2 aromatic carbocycles. The molecule has 0 spiro atoms. The van der Waals surface area contributed by atoms with Gasteiger partial charge in [0.15, 0.2) is 0 Å². The predicted octanol–water partition coefficient (Wildman–Crippen LogP) is 4.45. The van der Waals surface area contributed by atoms with E-state index >= 15 is 0 Å². The lowest BCUT2D eigenvalue weighted by atomic mass is 9.80. The van der Waals surface area contributed by atoms with E-state index in [-0.39, 0.29) is 11.4 Å². The van der Waals surface area contributed by atoms with Crippen LogP contribution in [0.25, 0.3) is 10.8 Å². The third-order valence-corrected chi connectivity index (χ3v) is 3.43. The van der Waals surface area contributed by atoms with Gasteiger partial charge in [0.05, 0.1) is 0 Å². The van der Waals surface area contributed by atoms with E-state index in [1.807, 2.05) is 19.1 Å². The minimum absolute atomic E-state index is 0.165. The van der Waals surface area contributed by atoms with E-state index in [9.17, 15) is 0 Å². The highest BCUT2D eigenvalue weighted by Gasteiger charge is 2.18. The highest BCUT2D eigenvalue weighted by atomic mass is 35.5. The molecule has 2 rings (SSSR count). The van der Waals surface area contributed by atoms with E-state index in [2.05, 4.69) is 30.3 Å². The summed E-state index contributed by atoms with van der Waals surface area (Å²) >= 11 is 11.8. The third-order valence-electron chi connectivity index (χ3n) is 2.68. The summed E-state index contributed by atoms with van der Waals surface area (Å²) in [6, 6.07) is 14.6. The fraction of sp³-hybridized carbons (Fsp3) is 0.167. The van der Waals surface area contributed by atoms with Crippen LogP contribution < -0.4 is 0 Å². The van der Waals surface area contributed by atoms with Crippen LogP contribution in [0.4, 0.5) is 0 Å². The van der Waals surface area contributed by atoms with Gasteiger partial charge < -0.3 is 0 Å². The zero-order valence-corrected chi connectivity index (χ0v) is 9.96. The van der Waals surface area contributed by atoms with Crippen molar-refractivity contribution in [2.75, 3.05) is 0 Å². The fourth-order valence-corrected chi connectivity index (χ4v) is 1.93. The molecule has 1 atom stereocenters. The van der Waals surface area contributed by atoms with Gasteiger partial charge in [0.2, 0.25) is 0 Å². The van der Waals surface area contributed by atoms with Gasteiger partial charge >= 0.3 is 5.54 Å². The number of rotatable bonds is 2. The molecule has 0 N–H and O–H groups in total. The zero-order valence-electron chi connectivity index (χ0n) is 8.45. The highest BCUT2D eigenvalue weighted by molar-refractivity contribution is 7.34. The van der Waals surface area contributed by atoms with Gasteiger partial charge in [-0.15, -0.1) is 0 Å². The summed E-state index contributed by atoms with van der Waals surface area (Å²) in [5, 5.41) is 2.48. The van der Waals surface area contributed by atoms with E-state index in [1.165, 1.54) is 16.3 Å². The molecule has 0 heterocycles. The van der Waals surface area contributed by atoms with Gasteiger partial charge in [0.1, 0.15) is 0 Å². The summed E-state index contributed by atoms with van der Waals surface area (Å²) in [5.74, 6) is 0.165. The average Bonchev–Trinajstić information content (AvgIpc) is 2.27. The van der Waals surface area contributed by atoms with Gasteiger partial charge in [-0.3, -0.25) is 0 Å². The normalized spacial score (nSPS) is 12.7. The smallest absolute Gasteiger partial charge is 0.171 e. The van der Waals surface area contributed by atoms with Crippen molar-refractivity contribution >= 4 is 39.2 Å². The second-order valence-electron chi connectivity index (χ2n) is 3.73. The molecule has 0 amide bonds. The Bertz CT molecular complexity index is 468. The Hall–Kier alpha value is -0.655. The minimum atomic E-state index is -0.355. The number of hydrogen-bond donors (Lipinski definition) is 0. The van der Waals surface area contributed by atoms with Crippen LogP contribution in [0.3, 0.4) is 0 Å². The van der Waals surface area contributed by atoms with Crippen LogP contribution in [0.5, 0.6) is 0 Å². The Kier molecular flexibility index (Phi) is 3.23. The molecule has 3 heteroatoms. The van der Waals surface area contributed by atoms with E-state index < -0.39 is 0 Å². The first-order valence-electron chi connectivity index (χ1n) is 4.95. The molecule has 0 aliphatic carbocycles. The van der Waals surface area contributed by atoms with Gasteiger partial charge in [0.25, 0.3) is 0 Å². The van der Waals surface area contributed by atoms with Crippen LogP contribution in [0.2, 0.25) is 0 Å². The Labute approximate surface area is 100 Å². The first-order chi connectivity index (χ1) is 7.18. The first kappa shape index (κ1) is 10.8. The lowest BCUT2D eigenvalue weighted by Crippen LogP contribution is -2.07. The molecule has 15 heavy (non-hydrogen) atoms. The average molecular weight is 237 g/mol. The lowest BCUT2D eigenvalue weighted by molar-refractivity contribution is 1.08. The van der Waals surface area contributed by atoms with Gasteiger partial charge in [-0.25, -0.2) is 0 Å². The van der Waals surface area contributed by atoms with Crippen LogP contribution in [0.15, 0.2) is 42.5 Å². The van der Waals surface area contributed by atoms with Crippen molar-refractivity contribution in [1.82, 2.24) is 0 Å². The monoisotopic (exact) mass is 236 g/mol. The molecular weight excluding hydrogens is 226 g/mol. The van der Waals surface area contributed by atoms with Crippen molar-refractivity contribution < 1.29 is 0 Å². The Morgan fingerprint density at radius 1 is 1.00 bits per heavy atom. The zero-order chi connectivity index (χ0) is 10.8. The highest BCUT2D eigenvalue weighted by Crippen LogP contribution is 2.25. The second-order valence-corrected chi connectivity index (χ2v) is 4.89. The number of fused-ring (bicyclic) bond motifs is 1. The predicted molar refractivity (Wildman–Crippen MR) is 69.8 cm³/mol. The summed E-state index contributed by atoms with van der Waals surface area (Å²) in [7, 11) is 0. The van der Waals surface area contributed by atoms with Crippen LogP contribution in [-0.4, -0.2) is 5.54 Å². The molecule has 0 saturated carbocycles. The first-order valence-corrected chi connectivity index (χ1v) is 5.82. The largest absolute Gasteiger partial charge is 0.358 e. The standard InChI is InChI=1S/C12H11BCl2/c1-9(13(14)15)11-7-6-10-4-2-3-5-12(10)8-11/h2-9H,1H3. The molecule has 0 nitrogen and oxygen atoms in total. The lowest BCUT2D eigenvalue weighted by Gasteiger charge is -2.11. The van der Waals surface area contributed by atoms with E-state index in [4.69, 9.17) is 22.9 Å². The molecule has 0 saturated heterocycles. The SMILES string of the molecule is CC(B(Cl)Cl)c1ccc2ccccc2c1. The maximum absolute atomic E-state index is 5.88. The molecule has 0 aliphatic heterocycles. The second kappa shape index (κ2) is 4.46. The van der Waals surface area contributed by atoms with E-state index in [0.29, 0.717) is 0 Å². The summed E-state index contributed by atoms with van der Waals surface area (Å²) in [6.45, 7) is 2.04. The summed E-state index contributed by atoms with van der Waals surface area (Å²) in [5.41, 5.74) is 0.829. The molecule has 0 aliphatic rings. The summed E-state index contributed by atoms with van der Waals surface area (Å²) < 4.78 is 0. The van der Waals surface area contributed by atoms with Crippen LogP contribution in [-0.2, 0) is 0 Å². The maximum Gasteiger partial charge on any atom is 0.358 e. The van der Waals surface area contributed by atoms with Crippen molar-refractivity contribution in [1.29, 1.82) is 0 Å². The van der Waals surface area contributed by atoms with Crippen molar-refractivity contribution in [2.45, 2.75) is 12.7 Å². The van der Waals surface area contributed by atoms with Gasteiger partial charge in [0, 0.05) is 0 Å². The Morgan fingerprint density at radius 3 is 2.33 bits per heavy atom. The van der Waals surface area contributed by atoms with Crippen LogP contribution in [0, 0.1) is 0 Å². The maximum atomic E-state index is 5.88. The molecule has 0 aromatic heterocycles. The topological polar surface area (TPSA) is 0 Å². The van der Waals surface area contributed by atoms with Crippen LogP contribution >= 0.6 is 22.9 Å². The molecule has 0 bridgehead atoms. The van der Waals surface area contributed by atoms with Gasteiger partial charge in [-0.05, 0) is 22.2 Å². The third kappa shape index (κ3) is 2.30. The number of halogens is 2. The number of hydrogen-bond acceptors (Lipinski definition) is 0. The summed E-state index contributed by atoms with van der Waals surface area (Å²) in [4.78, 5) is 0. The van der Waals surface area contributed by atoms with Crippen molar-refractivity contribution in [3.05, 3.63) is 48.0 Å². The van der Waals surface area contributed by atoms with Gasteiger partial charge in [-0.2, -0.15) is 22.9 Å². The molecule has 0 radical (unpaired) electrons. The van der Waals surface area contributed by atoms with Crippen molar-refractivity contribution in [3.63, 3.8) is 0 Å². The Balaban J connectivity index is 2.47. The van der Waals surface area contributed by atoms with Gasteiger partial charge in [-0.1, -0.05) is 49.4 Å². The molecule has 2 aromatic rings. The molecule has 1 unspecified atom stereocenters. The van der Waals surface area contributed by atoms with Crippen molar-refractivity contribution in [3.8, 4) is 0 Å². The van der Waals surface area contributed by atoms with E-state index in [1.54, 1.807) is 0 Å². The van der Waals surface area contributed by atoms with Crippen molar-refractivity contribution in [2.24, 2.45) is 0 Å².